The topological polar surface area (TPSA) is 52.6 Å². The fourth-order valence-corrected chi connectivity index (χ4v) is 2.02. The number of benzene rings is 1. The van der Waals surface area contributed by atoms with Crippen LogP contribution in [0.4, 0.5) is 0 Å². The van der Waals surface area contributed by atoms with Gasteiger partial charge in [-0.1, -0.05) is 28.1 Å². The zero-order valence-corrected chi connectivity index (χ0v) is 12.2. The summed E-state index contributed by atoms with van der Waals surface area (Å²) in [4.78, 5) is 23.4. The number of allylic oxidation sites excluding steroid dienone is 1. The minimum absolute atomic E-state index is 0.0418. The maximum absolute atomic E-state index is 12.1. The monoisotopic (exact) mass is 324 g/mol. The Kier molecular flexibility index (Phi) is 3.75. The zero-order valence-electron chi connectivity index (χ0n) is 10.6. The first-order valence-electron chi connectivity index (χ1n) is 5.77. The molecule has 19 heavy (non-hydrogen) atoms. The van der Waals surface area contributed by atoms with Crippen LogP contribution in [0.25, 0.3) is 0 Å². The Balaban J connectivity index is 2.11. The summed E-state index contributed by atoms with van der Waals surface area (Å²) >= 11 is 3.31. The first-order valence-corrected chi connectivity index (χ1v) is 6.56. The largest absolute Gasteiger partial charge is 0.456 e. The van der Waals surface area contributed by atoms with E-state index in [2.05, 4.69) is 15.9 Å². The molecular formula is C14H13BrO4. The number of carbonyl (C=O) groups is 2. The number of hydrogen-bond acceptors (Lipinski definition) is 4. The first-order chi connectivity index (χ1) is 8.85. The molecular weight excluding hydrogens is 312 g/mol. The summed E-state index contributed by atoms with van der Waals surface area (Å²) in [5.41, 5.74) is 0.574. The molecule has 1 aliphatic rings. The molecule has 0 atom stereocenters. The number of hydrogen-bond donors (Lipinski definition) is 0. The lowest BCUT2D eigenvalue weighted by molar-refractivity contribution is -0.205. The highest BCUT2D eigenvalue weighted by atomic mass is 79.9. The van der Waals surface area contributed by atoms with Gasteiger partial charge in [0.25, 0.3) is 0 Å². The van der Waals surface area contributed by atoms with Gasteiger partial charge in [0, 0.05) is 23.9 Å². The van der Waals surface area contributed by atoms with Crippen LogP contribution in [-0.4, -0.2) is 17.5 Å². The molecule has 0 saturated carbocycles. The van der Waals surface area contributed by atoms with Gasteiger partial charge in [-0.3, -0.25) is 4.79 Å². The van der Waals surface area contributed by atoms with Crippen molar-refractivity contribution >= 4 is 27.7 Å². The molecule has 0 saturated heterocycles. The number of cyclic esters (lactones) is 1. The number of ketones is 1. The van der Waals surface area contributed by atoms with Crippen LogP contribution in [0, 0.1) is 0 Å². The average Bonchev–Trinajstić information content (AvgIpc) is 2.26. The molecule has 5 heteroatoms. The number of rotatable bonds is 3. The van der Waals surface area contributed by atoms with Crippen LogP contribution in [0.2, 0.25) is 0 Å². The fourth-order valence-electron chi connectivity index (χ4n) is 1.75. The van der Waals surface area contributed by atoms with Crippen molar-refractivity contribution < 1.29 is 19.1 Å². The van der Waals surface area contributed by atoms with Gasteiger partial charge in [-0.15, -0.1) is 0 Å². The van der Waals surface area contributed by atoms with Crippen molar-refractivity contribution in [1.82, 2.24) is 0 Å². The average molecular weight is 325 g/mol. The fraction of sp³-hybridized carbons (Fsp3) is 0.286. The third-order valence-electron chi connectivity index (χ3n) is 2.50. The summed E-state index contributed by atoms with van der Waals surface area (Å²) in [6, 6.07) is 7.03. The number of carbonyl (C=O) groups excluding carboxylic acids is 2. The number of halogens is 1. The smallest absolute Gasteiger partial charge is 0.337 e. The molecule has 1 aliphatic heterocycles. The molecule has 2 rings (SSSR count). The van der Waals surface area contributed by atoms with Crippen molar-refractivity contribution in [1.29, 1.82) is 0 Å². The summed E-state index contributed by atoms with van der Waals surface area (Å²) in [6.07, 6.45) is 1.25. The Bertz CT molecular complexity index is 543. The van der Waals surface area contributed by atoms with E-state index in [1.54, 1.807) is 38.1 Å². The number of esters is 1. The van der Waals surface area contributed by atoms with Crippen LogP contribution in [0.3, 0.4) is 0 Å². The van der Waals surface area contributed by atoms with Crippen LogP contribution in [-0.2, 0) is 14.3 Å². The summed E-state index contributed by atoms with van der Waals surface area (Å²) in [5, 5.41) is 0. The van der Waals surface area contributed by atoms with Crippen LogP contribution in [0.5, 0.6) is 0 Å². The van der Waals surface area contributed by atoms with E-state index in [0.29, 0.717) is 11.3 Å². The van der Waals surface area contributed by atoms with Crippen molar-refractivity contribution in [2.45, 2.75) is 26.1 Å². The molecule has 0 radical (unpaired) electrons. The Morgan fingerprint density at radius 1 is 1.21 bits per heavy atom. The molecule has 0 spiro atoms. The molecule has 0 fully saturated rings. The molecule has 0 aromatic heterocycles. The van der Waals surface area contributed by atoms with E-state index in [9.17, 15) is 9.59 Å². The highest BCUT2D eigenvalue weighted by Gasteiger charge is 2.30. The van der Waals surface area contributed by atoms with Gasteiger partial charge < -0.3 is 9.47 Å². The molecule has 0 amide bonds. The molecule has 1 aromatic rings. The van der Waals surface area contributed by atoms with Gasteiger partial charge in [-0.25, -0.2) is 4.79 Å². The highest BCUT2D eigenvalue weighted by Crippen LogP contribution is 2.25. The lowest BCUT2D eigenvalue weighted by Crippen LogP contribution is -2.34. The second-order valence-electron chi connectivity index (χ2n) is 4.64. The van der Waals surface area contributed by atoms with Gasteiger partial charge >= 0.3 is 5.97 Å². The summed E-state index contributed by atoms with van der Waals surface area (Å²) in [5.74, 6) is -1.30. The van der Waals surface area contributed by atoms with Crippen LogP contribution < -0.4 is 0 Å². The minimum Gasteiger partial charge on any atom is -0.456 e. The Morgan fingerprint density at radius 3 is 2.42 bits per heavy atom. The Hall–Kier alpha value is -1.62. The van der Waals surface area contributed by atoms with Crippen LogP contribution >= 0.6 is 15.9 Å². The molecule has 0 aliphatic carbocycles. The maximum Gasteiger partial charge on any atom is 0.337 e. The zero-order chi connectivity index (χ0) is 14.0. The van der Waals surface area contributed by atoms with Gasteiger partial charge in [0.1, 0.15) is 5.76 Å². The first kappa shape index (κ1) is 13.8. The quantitative estimate of drug-likeness (QED) is 0.632. The van der Waals surface area contributed by atoms with Gasteiger partial charge in [0.05, 0.1) is 12.5 Å². The van der Waals surface area contributed by atoms with E-state index < -0.39 is 11.8 Å². The van der Waals surface area contributed by atoms with Crippen molar-refractivity contribution in [3.8, 4) is 0 Å². The van der Waals surface area contributed by atoms with Gasteiger partial charge in [0.2, 0.25) is 5.79 Å². The summed E-state index contributed by atoms with van der Waals surface area (Å²) in [6.45, 7) is 3.25. The highest BCUT2D eigenvalue weighted by molar-refractivity contribution is 9.10. The van der Waals surface area contributed by atoms with E-state index in [0.717, 1.165) is 4.47 Å². The lowest BCUT2D eigenvalue weighted by Gasteiger charge is -2.30. The minimum atomic E-state index is -1.03. The summed E-state index contributed by atoms with van der Waals surface area (Å²) in [7, 11) is 0. The van der Waals surface area contributed by atoms with Gasteiger partial charge in [0.15, 0.2) is 5.78 Å². The third-order valence-corrected chi connectivity index (χ3v) is 3.03. The van der Waals surface area contributed by atoms with Crippen molar-refractivity contribution in [3.63, 3.8) is 0 Å². The molecule has 0 N–H and O–H groups in total. The lowest BCUT2D eigenvalue weighted by atomic mass is 10.1. The maximum atomic E-state index is 12.1. The molecule has 0 unspecified atom stereocenters. The van der Waals surface area contributed by atoms with Gasteiger partial charge in [-0.2, -0.15) is 0 Å². The van der Waals surface area contributed by atoms with E-state index in [-0.39, 0.29) is 12.2 Å². The molecule has 100 valence electrons. The van der Waals surface area contributed by atoms with E-state index in [4.69, 9.17) is 9.47 Å². The Morgan fingerprint density at radius 2 is 1.84 bits per heavy atom. The SMILES string of the molecule is CC1(C)OC(=O)C=C(CC(=O)c2ccc(Br)cc2)O1. The number of Topliss-reactive ketones (excluding diaryl/α,β-unsaturated/α-hetero) is 1. The normalized spacial score (nSPS) is 17.2. The second-order valence-corrected chi connectivity index (χ2v) is 5.56. The third kappa shape index (κ3) is 3.67. The van der Waals surface area contributed by atoms with Gasteiger partial charge in [-0.05, 0) is 12.1 Å². The predicted molar refractivity (Wildman–Crippen MR) is 72.4 cm³/mol. The van der Waals surface area contributed by atoms with Crippen molar-refractivity contribution in [3.05, 3.63) is 46.1 Å². The molecule has 1 heterocycles. The van der Waals surface area contributed by atoms with Crippen molar-refractivity contribution in [2.75, 3.05) is 0 Å². The molecule has 1 aromatic carbocycles. The molecule has 4 nitrogen and oxygen atoms in total. The van der Waals surface area contributed by atoms with Crippen LogP contribution in [0.15, 0.2) is 40.6 Å². The van der Waals surface area contributed by atoms with E-state index >= 15 is 0 Å². The van der Waals surface area contributed by atoms with E-state index in [1.807, 2.05) is 0 Å². The standard InChI is InChI=1S/C14H13BrO4/c1-14(2)18-11(8-13(17)19-14)7-12(16)9-3-5-10(15)6-4-9/h3-6,8H,7H2,1-2H3. The predicted octanol–water partition coefficient (Wildman–Crippen LogP) is 3.22. The molecule has 0 bridgehead atoms. The second kappa shape index (κ2) is 5.17. The summed E-state index contributed by atoms with van der Waals surface area (Å²) < 4.78 is 11.3. The van der Waals surface area contributed by atoms with E-state index in [1.165, 1.54) is 6.08 Å². The van der Waals surface area contributed by atoms with Crippen LogP contribution in [0.1, 0.15) is 30.6 Å². The Labute approximate surface area is 119 Å². The number of ether oxygens (including phenoxy) is 2. The van der Waals surface area contributed by atoms with Crippen molar-refractivity contribution in [2.24, 2.45) is 0 Å².